The Balaban J connectivity index is 2.10. The summed E-state index contributed by atoms with van der Waals surface area (Å²) in [7, 11) is -3.31. The van der Waals surface area contributed by atoms with E-state index in [1.165, 1.54) is 17.3 Å². The normalized spacial score (nSPS) is 12.7. The van der Waals surface area contributed by atoms with Crippen LogP contribution in [0.2, 0.25) is 0 Å². The Hall–Kier alpha value is -1.79. The minimum atomic E-state index is -3.31. The molecule has 0 radical (unpaired) electrons. The van der Waals surface area contributed by atoms with E-state index in [0.717, 1.165) is 16.7 Å². The number of hydrogen-bond donors (Lipinski definition) is 1. The van der Waals surface area contributed by atoms with Gasteiger partial charge < -0.3 is 0 Å². The van der Waals surface area contributed by atoms with Crippen LogP contribution in [0.1, 0.15) is 28.4 Å². The van der Waals surface area contributed by atoms with Crippen molar-refractivity contribution in [2.24, 2.45) is 0 Å². The molecule has 128 valence electrons. The predicted octanol–water partition coefficient (Wildman–Crippen LogP) is 4.04. The maximum absolute atomic E-state index is 12.6. The van der Waals surface area contributed by atoms with E-state index in [2.05, 4.69) is 10.8 Å². The van der Waals surface area contributed by atoms with Crippen LogP contribution in [0, 0.1) is 13.8 Å². The highest BCUT2D eigenvalue weighted by Crippen LogP contribution is 2.29. The van der Waals surface area contributed by atoms with Crippen molar-refractivity contribution in [2.45, 2.75) is 30.9 Å². The molecule has 0 spiro atoms. The molecule has 24 heavy (non-hydrogen) atoms. The molecule has 6 heteroatoms. The molecule has 0 aromatic heterocycles. The summed E-state index contributed by atoms with van der Waals surface area (Å²) >= 11 is 1.53. The average Bonchev–Trinajstić information content (AvgIpc) is 2.48. The van der Waals surface area contributed by atoms with E-state index in [1.54, 1.807) is 24.3 Å². The number of benzene rings is 2. The van der Waals surface area contributed by atoms with Gasteiger partial charge in [-0.3, -0.25) is 9.52 Å². The Morgan fingerprint density at radius 3 is 2.25 bits per heavy atom. The Morgan fingerprint density at radius 2 is 1.71 bits per heavy atom. The number of nitrogens with one attached hydrogen (secondary N) is 1. The zero-order valence-corrected chi connectivity index (χ0v) is 15.8. The van der Waals surface area contributed by atoms with Crippen LogP contribution in [0.4, 0.5) is 5.69 Å². The standard InChI is InChI=1S/C18H21NO3S2/c1-12-5-10-17(13(2)11-12)23-14(3)18(20)15-6-8-16(9-7-15)19-24(4,21)22/h5-11,14,19H,1-4H3/t14-/m0/s1. The van der Waals surface area contributed by atoms with Crippen molar-refractivity contribution in [2.75, 3.05) is 11.0 Å². The number of carbonyl (C=O) groups is 1. The topological polar surface area (TPSA) is 63.2 Å². The Morgan fingerprint density at radius 1 is 1.08 bits per heavy atom. The van der Waals surface area contributed by atoms with E-state index in [4.69, 9.17) is 0 Å². The molecule has 0 bridgehead atoms. The molecule has 2 rings (SSSR count). The number of rotatable bonds is 6. The van der Waals surface area contributed by atoms with Crippen LogP contribution in [0.5, 0.6) is 0 Å². The molecule has 0 aliphatic heterocycles. The van der Waals surface area contributed by atoms with Gasteiger partial charge in [0.1, 0.15) is 0 Å². The predicted molar refractivity (Wildman–Crippen MR) is 100 cm³/mol. The van der Waals surface area contributed by atoms with Crippen LogP contribution in [0.15, 0.2) is 47.4 Å². The lowest BCUT2D eigenvalue weighted by atomic mass is 10.1. The van der Waals surface area contributed by atoms with Crippen molar-refractivity contribution in [1.82, 2.24) is 0 Å². The summed E-state index contributed by atoms with van der Waals surface area (Å²) in [6, 6.07) is 12.7. The number of Topliss-reactive ketones (excluding diaryl/α,β-unsaturated/α-hetero) is 1. The van der Waals surface area contributed by atoms with E-state index < -0.39 is 10.0 Å². The van der Waals surface area contributed by atoms with E-state index >= 15 is 0 Å². The van der Waals surface area contributed by atoms with Gasteiger partial charge in [0.15, 0.2) is 5.78 Å². The second-order valence-electron chi connectivity index (χ2n) is 5.84. The maximum atomic E-state index is 12.6. The highest BCUT2D eigenvalue weighted by molar-refractivity contribution is 8.00. The number of anilines is 1. The molecule has 0 heterocycles. The van der Waals surface area contributed by atoms with Crippen LogP contribution >= 0.6 is 11.8 Å². The number of ketones is 1. The van der Waals surface area contributed by atoms with E-state index in [-0.39, 0.29) is 11.0 Å². The van der Waals surface area contributed by atoms with E-state index in [9.17, 15) is 13.2 Å². The second-order valence-corrected chi connectivity index (χ2v) is 8.98. The van der Waals surface area contributed by atoms with Gasteiger partial charge in [0.25, 0.3) is 0 Å². The molecule has 0 amide bonds. The molecule has 2 aromatic carbocycles. The van der Waals surface area contributed by atoms with Gasteiger partial charge in [-0.2, -0.15) is 0 Å². The van der Waals surface area contributed by atoms with Gasteiger partial charge in [0.2, 0.25) is 10.0 Å². The molecule has 4 nitrogen and oxygen atoms in total. The third kappa shape index (κ3) is 5.11. The van der Waals surface area contributed by atoms with Gasteiger partial charge in [0.05, 0.1) is 11.5 Å². The van der Waals surface area contributed by atoms with Crippen LogP contribution in [0.3, 0.4) is 0 Å². The summed E-state index contributed by atoms with van der Waals surface area (Å²) in [5, 5.41) is -0.222. The van der Waals surface area contributed by atoms with Crippen molar-refractivity contribution in [3.05, 3.63) is 59.2 Å². The van der Waals surface area contributed by atoms with Crippen LogP contribution in [0.25, 0.3) is 0 Å². The molecule has 0 saturated carbocycles. The molecular formula is C18H21NO3S2. The monoisotopic (exact) mass is 363 g/mol. The molecule has 0 aliphatic carbocycles. The van der Waals surface area contributed by atoms with Crippen LogP contribution < -0.4 is 4.72 Å². The molecule has 1 atom stereocenters. The van der Waals surface area contributed by atoms with Gasteiger partial charge in [-0.15, -0.1) is 11.8 Å². The smallest absolute Gasteiger partial charge is 0.229 e. The third-order valence-corrected chi connectivity index (χ3v) is 5.36. The van der Waals surface area contributed by atoms with Gasteiger partial charge >= 0.3 is 0 Å². The highest BCUT2D eigenvalue weighted by atomic mass is 32.2. The molecule has 0 unspecified atom stereocenters. The van der Waals surface area contributed by atoms with Gasteiger partial charge in [-0.1, -0.05) is 17.7 Å². The number of thioether (sulfide) groups is 1. The zero-order chi connectivity index (χ0) is 17.9. The van der Waals surface area contributed by atoms with Crippen molar-refractivity contribution in [1.29, 1.82) is 0 Å². The fraction of sp³-hybridized carbons (Fsp3) is 0.278. The molecule has 0 fully saturated rings. The SMILES string of the molecule is Cc1ccc(S[C@@H](C)C(=O)c2ccc(NS(C)(=O)=O)cc2)c(C)c1. The lowest BCUT2D eigenvalue weighted by Gasteiger charge is -2.13. The Kier molecular flexibility index (Phi) is 5.72. The molecule has 0 saturated heterocycles. The largest absolute Gasteiger partial charge is 0.293 e. The summed E-state index contributed by atoms with van der Waals surface area (Å²) in [5.41, 5.74) is 3.37. The second kappa shape index (κ2) is 7.40. The lowest BCUT2D eigenvalue weighted by molar-refractivity contribution is 0.0994. The Labute approximate surface area is 147 Å². The molecular weight excluding hydrogens is 342 g/mol. The van der Waals surface area contributed by atoms with Gasteiger partial charge in [-0.25, -0.2) is 8.42 Å². The highest BCUT2D eigenvalue weighted by Gasteiger charge is 2.17. The minimum absolute atomic E-state index is 0.0193. The quantitative estimate of drug-likeness (QED) is 0.621. The van der Waals surface area contributed by atoms with Crippen LogP contribution in [-0.2, 0) is 10.0 Å². The summed E-state index contributed by atoms with van der Waals surface area (Å²) in [5.74, 6) is 0.0193. The van der Waals surface area contributed by atoms with Crippen molar-refractivity contribution < 1.29 is 13.2 Å². The van der Waals surface area contributed by atoms with Gasteiger partial charge in [-0.05, 0) is 56.7 Å². The third-order valence-electron chi connectivity index (χ3n) is 3.48. The average molecular weight is 364 g/mol. The first-order chi connectivity index (χ1) is 11.2. The summed E-state index contributed by atoms with van der Waals surface area (Å²) < 4.78 is 24.8. The van der Waals surface area contributed by atoms with Crippen molar-refractivity contribution in [3.63, 3.8) is 0 Å². The fourth-order valence-corrected chi connectivity index (χ4v) is 3.91. The summed E-state index contributed by atoms with van der Waals surface area (Å²) in [4.78, 5) is 13.7. The number of sulfonamides is 1. The number of aryl methyl sites for hydroxylation is 2. The maximum Gasteiger partial charge on any atom is 0.229 e. The lowest BCUT2D eigenvalue weighted by Crippen LogP contribution is -2.14. The molecule has 1 N–H and O–H groups in total. The van der Waals surface area contributed by atoms with Gasteiger partial charge in [0, 0.05) is 16.1 Å². The first-order valence-corrected chi connectivity index (χ1v) is 10.3. The number of hydrogen-bond acceptors (Lipinski definition) is 4. The van der Waals surface area contributed by atoms with Crippen molar-refractivity contribution in [3.8, 4) is 0 Å². The molecule has 0 aliphatic rings. The molecule has 2 aromatic rings. The Bertz CT molecular complexity index is 843. The van der Waals surface area contributed by atoms with E-state index in [0.29, 0.717) is 11.3 Å². The summed E-state index contributed by atoms with van der Waals surface area (Å²) in [6.07, 6.45) is 1.09. The van der Waals surface area contributed by atoms with Crippen LogP contribution in [-0.4, -0.2) is 25.7 Å². The van der Waals surface area contributed by atoms with E-state index in [1.807, 2.05) is 32.9 Å². The number of carbonyl (C=O) groups excluding carboxylic acids is 1. The first-order valence-electron chi connectivity index (χ1n) is 7.52. The fourth-order valence-electron chi connectivity index (χ4n) is 2.33. The first kappa shape index (κ1) is 18.5. The minimum Gasteiger partial charge on any atom is -0.293 e. The van der Waals surface area contributed by atoms with Crippen molar-refractivity contribution >= 4 is 33.3 Å². The zero-order valence-electron chi connectivity index (χ0n) is 14.2. The summed E-state index contributed by atoms with van der Waals surface area (Å²) in [6.45, 7) is 5.97.